The topological polar surface area (TPSA) is 58.2 Å². The van der Waals surface area contributed by atoms with Crippen LogP contribution in [0.5, 0.6) is 0 Å². The molecule has 2 amide bonds. The summed E-state index contributed by atoms with van der Waals surface area (Å²) in [4.78, 5) is 23.6. The summed E-state index contributed by atoms with van der Waals surface area (Å²) < 4.78 is 89.7. The van der Waals surface area contributed by atoms with Gasteiger partial charge in [-0.2, -0.15) is 30.7 Å². The van der Waals surface area contributed by atoms with Crippen molar-refractivity contribution >= 4 is 23.2 Å². The van der Waals surface area contributed by atoms with Crippen molar-refractivity contribution in [1.29, 1.82) is 0 Å². The monoisotopic (exact) mass is 422 g/mol. The molecule has 0 fully saturated rings. The lowest BCUT2D eigenvalue weighted by Gasteiger charge is -2.27. The van der Waals surface area contributed by atoms with E-state index in [9.17, 15) is 40.3 Å². The maximum Gasteiger partial charge on any atom is 0.460 e. The third-order valence-corrected chi connectivity index (χ3v) is 3.69. The molecule has 0 aromatic heterocycles. The second-order valence-corrected chi connectivity index (χ2v) is 5.86. The lowest BCUT2D eigenvalue weighted by molar-refractivity contribution is -0.343. The first kappa shape index (κ1) is 22.2. The third-order valence-electron chi connectivity index (χ3n) is 3.69. The molecular weight excluding hydrogens is 409 g/mol. The molecule has 4 nitrogen and oxygen atoms in total. The zero-order valence-corrected chi connectivity index (χ0v) is 14.4. The van der Waals surface area contributed by atoms with Gasteiger partial charge < -0.3 is 10.6 Å². The van der Waals surface area contributed by atoms with E-state index in [1.807, 2.05) is 0 Å². The molecule has 0 saturated carbocycles. The van der Waals surface area contributed by atoms with Gasteiger partial charge in [-0.3, -0.25) is 9.59 Å². The molecule has 0 saturated heterocycles. The molecule has 0 aliphatic heterocycles. The molecule has 0 radical (unpaired) electrons. The largest absolute Gasteiger partial charge is 0.460 e. The molecule has 2 aromatic rings. The number of hydrogen-bond donors (Lipinski definition) is 2. The predicted molar refractivity (Wildman–Crippen MR) is 89.8 cm³/mol. The zero-order valence-electron chi connectivity index (χ0n) is 14.4. The summed E-state index contributed by atoms with van der Waals surface area (Å²) in [5.74, 6) is -16.2. The van der Waals surface area contributed by atoms with Crippen molar-refractivity contribution < 1.29 is 40.3 Å². The van der Waals surface area contributed by atoms with Crippen molar-refractivity contribution in [1.82, 2.24) is 0 Å². The number of alkyl halides is 7. The van der Waals surface area contributed by atoms with Crippen LogP contribution in [0.15, 0.2) is 54.6 Å². The highest BCUT2D eigenvalue weighted by Gasteiger charge is 2.76. The minimum absolute atomic E-state index is 0.134. The van der Waals surface area contributed by atoms with Crippen LogP contribution in [0.4, 0.5) is 42.1 Å². The Labute approximate surface area is 159 Å². The maximum absolute atomic E-state index is 13.5. The van der Waals surface area contributed by atoms with Gasteiger partial charge in [0.2, 0.25) is 5.91 Å². The Bertz CT molecular complexity index is 883. The Hall–Kier alpha value is -3.11. The number of para-hydroxylation sites is 2. The van der Waals surface area contributed by atoms with Crippen LogP contribution in [0.3, 0.4) is 0 Å². The van der Waals surface area contributed by atoms with E-state index in [2.05, 4.69) is 5.32 Å². The molecule has 2 N–H and O–H groups in total. The van der Waals surface area contributed by atoms with Gasteiger partial charge in [-0.25, -0.2) is 0 Å². The lowest BCUT2D eigenvalue weighted by atomic mass is 10.1. The third kappa shape index (κ3) is 4.84. The quantitative estimate of drug-likeness (QED) is 0.667. The fourth-order valence-electron chi connectivity index (χ4n) is 2.20. The van der Waals surface area contributed by atoms with Crippen molar-refractivity contribution in [2.75, 3.05) is 10.6 Å². The van der Waals surface area contributed by atoms with Crippen molar-refractivity contribution in [3.63, 3.8) is 0 Å². The van der Waals surface area contributed by atoms with E-state index < -0.39 is 35.5 Å². The first-order valence-corrected chi connectivity index (χ1v) is 7.93. The van der Waals surface area contributed by atoms with Crippen LogP contribution in [0, 0.1) is 0 Å². The van der Waals surface area contributed by atoms with Crippen LogP contribution in [0.1, 0.15) is 5.56 Å². The number of hydrogen-bond acceptors (Lipinski definition) is 2. The van der Waals surface area contributed by atoms with Crippen molar-refractivity contribution in [2.24, 2.45) is 0 Å². The fraction of sp³-hybridized carbons (Fsp3) is 0.222. The summed E-state index contributed by atoms with van der Waals surface area (Å²) in [5.41, 5.74) is -0.229. The molecule has 11 heteroatoms. The summed E-state index contributed by atoms with van der Waals surface area (Å²) in [7, 11) is 0. The highest BCUT2D eigenvalue weighted by Crippen LogP contribution is 2.47. The van der Waals surface area contributed by atoms with Gasteiger partial charge >= 0.3 is 23.9 Å². The van der Waals surface area contributed by atoms with E-state index in [0.717, 1.165) is 12.1 Å². The van der Waals surface area contributed by atoms with Gasteiger partial charge in [-0.15, -0.1) is 0 Å². The summed E-state index contributed by atoms with van der Waals surface area (Å²) in [6, 6.07) is 12.9. The number of carbonyl (C=O) groups is 2. The second kappa shape index (κ2) is 8.10. The molecule has 2 aromatic carbocycles. The number of halogens is 7. The van der Waals surface area contributed by atoms with Crippen LogP contribution in [0.2, 0.25) is 0 Å². The molecule has 0 unspecified atom stereocenters. The molecule has 0 heterocycles. The van der Waals surface area contributed by atoms with E-state index in [0.29, 0.717) is 5.56 Å². The Balaban J connectivity index is 2.18. The number of anilines is 2. The number of benzene rings is 2. The second-order valence-electron chi connectivity index (χ2n) is 5.86. The predicted octanol–water partition coefficient (Wildman–Crippen LogP) is 4.64. The van der Waals surface area contributed by atoms with Gasteiger partial charge in [0.1, 0.15) is 0 Å². The SMILES string of the molecule is O=C(Cc1ccccc1)Nc1ccccc1NC(=O)C(F)(F)C(F)(F)C(F)(F)F. The van der Waals surface area contributed by atoms with E-state index in [1.54, 1.807) is 30.3 Å². The zero-order chi connectivity index (χ0) is 21.9. The number of nitrogens with one attached hydrogen (secondary N) is 2. The molecular formula is C18H13F7N2O2. The van der Waals surface area contributed by atoms with E-state index >= 15 is 0 Å². The summed E-state index contributed by atoms with van der Waals surface area (Å²) in [6.07, 6.45) is -6.78. The molecule has 0 bridgehead atoms. The standard InChI is InChI=1S/C18H13F7N2O2/c19-16(20,17(21,22)18(23,24)25)15(29)27-13-9-5-4-8-12(13)26-14(28)10-11-6-2-1-3-7-11/h1-9H,10H2,(H,26,28)(H,27,29). The molecule has 0 atom stereocenters. The molecule has 29 heavy (non-hydrogen) atoms. The van der Waals surface area contributed by atoms with Gasteiger partial charge in [0.05, 0.1) is 17.8 Å². The minimum Gasteiger partial charge on any atom is -0.324 e. The fourth-order valence-corrected chi connectivity index (χ4v) is 2.20. The molecule has 0 aliphatic rings. The van der Waals surface area contributed by atoms with Crippen LogP contribution >= 0.6 is 0 Å². The normalized spacial score (nSPS) is 12.4. The van der Waals surface area contributed by atoms with Gasteiger partial charge in [0.25, 0.3) is 0 Å². The molecule has 156 valence electrons. The lowest BCUT2D eigenvalue weighted by Crippen LogP contribution is -2.57. The first-order chi connectivity index (χ1) is 13.4. The average molecular weight is 422 g/mol. The minimum atomic E-state index is -6.64. The van der Waals surface area contributed by atoms with Gasteiger partial charge in [-0.05, 0) is 17.7 Å². The van der Waals surface area contributed by atoms with Crippen LogP contribution < -0.4 is 10.6 Å². The number of carbonyl (C=O) groups excluding carboxylic acids is 2. The number of rotatable bonds is 6. The Kier molecular flexibility index (Phi) is 6.19. The Morgan fingerprint density at radius 3 is 1.72 bits per heavy atom. The number of amides is 2. The summed E-state index contributed by atoms with van der Waals surface area (Å²) >= 11 is 0. The van der Waals surface area contributed by atoms with E-state index in [-0.39, 0.29) is 12.1 Å². The van der Waals surface area contributed by atoms with Gasteiger partial charge in [0, 0.05) is 0 Å². The van der Waals surface area contributed by atoms with Gasteiger partial charge in [0.15, 0.2) is 0 Å². The summed E-state index contributed by atoms with van der Waals surface area (Å²) in [5, 5.41) is 3.59. The maximum atomic E-state index is 13.5. The smallest absolute Gasteiger partial charge is 0.324 e. The summed E-state index contributed by atoms with van der Waals surface area (Å²) in [6.45, 7) is 0. The van der Waals surface area contributed by atoms with Gasteiger partial charge in [-0.1, -0.05) is 42.5 Å². The highest BCUT2D eigenvalue weighted by atomic mass is 19.4. The molecule has 0 aliphatic carbocycles. The van der Waals surface area contributed by atoms with Crippen LogP contribution in [-0.4, -0.2) is 29.8 Å². The molecule has 0 spiro atoms. The van der Waals surface area contributed by atoms with E-state index in [1.165, 1.54) is 17.4 Å². The van der Waals surface area contributed by atoms with Crippen molar-refractivity contribution in [3.05, 3.63) is 60.2 Å². The van der Waals surface area contributed by atoms with Crippen LogP contribution in [-0.2, 0) is 16.0 Å². The Morgan fingerprint density at radius 1 is 0.724 bits per heavy atom. The first-order valence-electron chi connectivity index (χ1n) is 7.93. The van der Waals surface area contributed by atoms with Crippen molar-refractivity contribution in [3.8, 4) is 0 Å². The Morgan fingerprint density at radius 2 is 1.21 bits per heavy atom. The highest BCUT2D eigenvalue weighted by molar-refractivity contribution is 6.02. The average Bonchev–Trinajstić information content (AvgIpc) is 2.63. The van der Waals surface area contributed by atoms with Crippen LogP contribution in [0.25, 0.3) is 0 Å². The molecule has 2 rings (SSSR count). The van der Waals surface area contributed by atoms with E-state index in [4.69, 9.17) is 0 Å². The van der Waals surface area contributed by atoms with Crippen molar-refractivity contribution in [2.45, 2.75) is 24.4 Å².